The zero-order valence-electron chi connectivity index (χ0n) is 13.5. The maximum atomic E-state index is 12.2. The zero-order chi connectivity index (χ0) is 16.9. The predicted molar refractivity (Wildman–Crippen MR) is 87.9 cm³/mol. The van der Waals surface area contributed by atoms with Crippen LogP contribution in [0.15, 0.2) is 18.2 Å². The van der Waals surface area contributed by atoms with Crippen molar-refractivity contribution < 1.29 is 22.7 Å². The summed E-state index contributed by atoms with van der Waals surface area (Å²) < 4.78 is 33.8. The third-order valence-corrected chi connectivity index (χ3v) is 5.52. The largest absolute Gasteiger partial charge is 0.490 e. The molecule has 128 valence electrons. The molecule has 23 heavy (non-hydrogen) atoms. The number of hydrogen-bond donors (Lipinski definition) is 1. The van der Waals surface area contributed by atoms with Crippen LogP contribution >= 0.6 is 0 Å². The van der Waals surface area contributed by atoms with Crippen LogP contribution in [0.2, 0.25) is 0 Å². The third kappa shape index (κ3) is 4.86. The van der Waals surface area contributed by atoms with Gasteiger partial charge in [0.25, 0.3) is 5.91 Å². The Morgan fingerprint density at radius 3 is 2.52 bits per heavy atom. The van der Waals surface area contributed by atoms with Gasteiger partial charge in [-0.2, -0.15) is 0 Å². The Kier molecular flexibility index (Phi) is 5.87. The number of hydrogen-bond acceptors (Lipinski definition) is 5. The van der Waals surface area contributed by atoms with Gasteiger partial charge in [-0.3, -0.25) is 4.79 Å². The molecular weight excluding hydrogens is 318 g/mol. The summed E-state index contributed by atoms with van der Waals surface area (Å²) in [7, 11) is -2.92. The molecule has 0 aliphatic carbocycles. The van der Waals surface area contributed by atoms with Gasteiger partial charge in [0, 0.05) is 12.1 Å². The number of carbonyl (C=O) groups excluding carboxylic acids is 1. The van der Waals surface area contributed by atoms with Crippen LogP contribution in [0.5, 0.6) is 11.5 Å². The molecule has 1 N–H and O–H groups in total. The van der Waals surface area contributed by atoms with Gasteiger partial charge in [0.2, 0.25) is 0 Å². The fourth-order valence-corrected chi connectivity index (χ4v) is 4.43. The zero-order valence-corrected chi connectivity index (χ0v) is 14.3. The van der Waals surface area contributed by atoms with Crippen molar-refractivity contribution in [1.82, 2.24) is 5.32 Å². The monoisotopic (exact) mass is 341 g/mol. The number of carbonyl (C=O) groups is 1. The Labute approximate surface area is 137 Å². The Bertz CT molecular complexity index is 656. The van der Waals surface area contributed by atoms with Crippen molar-refractivity contribution in [1.29, 1.82) is 0 Å². The average molecular weight is 341 g/mol. The van der Waals surface area contributed by atoms with Gasteiger partial charge in [-0.1, -0.05) is 0 Å². The van der Waals surface area contributed by atoms with E-state index in [-0.39, 0.29) is 23.3 Å². The van der Waals surface area contributed by atoms with E-state index in [0.717, 1.165) is 0 Å². The third-order valence-electron chi connectivity index (χ3n) is 3.68. The van der Waals surface area contributed by atoms with E-state index >= 15 is 0 Å². The molecule has 0 aromatic heterocycles. The van der Waals surface area contributed by atoms with Gasteiger partial charge >= 0.3 is 0 Å². The summed E-state index contributed by atoms with van der Waals surface area (Å²) in [5, 5.41) is 2.80. The molecule has 0 spiro atoms. The van der Waals surface area contributed by atoms with Crippen molar-refractivity contribution >= 4 is 15.7 Å². The molecule has 1 aliphatic rings. The maximum absolute atomic E-state index is 12.2. The summed E-state index contributed by atoms with van der Waals surface area (Å²) >= 11 is 0. The van der Waals surface area contributed by atoms with Crippen molar-refractivity contribution in [2.24, 2.45) is 5.92 Å². The van der Waals surface area contributed by atoms with Crippen molar-refractivity contribution in [3.63, 3.8) is 0 Å². The van der Waals surface area contributed by atoms with Crippen LogP contribution in [-0.4, -0.2) is 45.6 Å². The lowest BCUT2D eigenvalue weighted by Crippen LogP contribution is -2.29. The lowest BCUT2D eigenvalue weighted by atomic mass is 10.1. The van der Waals surface area contributed by atoms with Crippen molar-refractivity contribution in [2.75, 3.05) is 31.3 Å². The molecule has 1 aromatic carbocycles. The summed E-state index contributed by atoms with van der Waals surface area (Å²) in [5.74, 6) is 1.26. The molecule has 2 rings (SSSR count). The van der Waals surface area contributed by atoms with Gasteiger partial charge < -0.3 is 14.8 Å². The Balaban J connectivity index is 2.00. The van der Waals surface area contributed by atoms with Crippen LogP contribution in [0, 0.1) is 5.92 Å². The van der Waals surface area contributed by atoms with Gasteiger partial charge in [0.1, 0.15) is 0 Å². The number of sulfone groups is 1. The lowest BCUT2D eigenvalue weighted by Gasteiger charge is -2.13. The highest BCUT2D eigenvalue weighted by atomic mass is 32.2. The van der Waals surface area contributed by atoms with Gasteiger partial charge in [-0.05, 0) is 44.4 Å². The van der Waals surface area contributed by atoms with E-state index in [9.17, 15) is 13.2 Å². The molecule has 1 fully saturated rings. The first-order valence-electron chi connectivity index (χ1n) is 7.83. The molecule has 0 saturated carbocycles. The summed E-state index contributed by atoms with van der Waals surface area (Å²) in [5.41, 5.74) is 0.470. The average Bonchev–Trinajstić information content (AvgIpc) is 2.86. The highest BCUT2D eigenvalue weighted by Gasteiger charge is 2.28. The first-order valence-corrected chi connectivity index (χ1v) is 9.65. The van der Waals surface area contributed by atoms with Crippen LogP contribution in [0.3, 0.4) is 0 Å². The SMILES string of the molecule is CCOc1ccc(C(=O)NC[C@H]2CCS(=O)(=O)C2)cc1OCC. The second-order valence-electron chi connectivity index (χ2n) is 5.51. The Hall–Kier alpha value is -1.76. The molecule has 1 aromatic rings. The normalized spacial score (nSPS) is 19.3. The fraction of sp³-hybridized carbons (Fsp3) is 0.562. The van der Waals surface area contributed by atoms with E-state index in [1.807, 2.05) is 13.8 Å². The van der Waals surface area contributed by atoms with Crippen LogP contribution < -0.4 is 14.8 Å². The quantitative estimate of drug-likeness (QED) is 0.815. The fourth-order valence-electron chi connectivity index (χ4n) is 2.56. The molecule has 0 bridgehead atoms. The second-order valence-corrected chi connectivity index (χ2v) is 7.74. The van der Waals surface area contributed by atoms with Gasteiger partial charge in [0.15, 0.2) is 21.3 Å². The van der Waals surface area contributed by atoms with Crippen LogP contribution in [0.4, 0.5) is 0 Å². The van der Waals surface area contributed by atoms with Crippen LogP contribution in [0.1, 0.15) is 30.6 Å². The van der Waals surface area contributed by atoms with E-state index in [1.54, 1.807) is 18.2 Å². The second kappa shape index (κ2) is 7.68. The minimum absolute atomic E-state index is 0.00184. The predicted octanol–water partition coefficient (Wildman–Crippen LogP) is 1.65. The van der Waals surface area contributed by atoms with Gasteiger partial charge in [0.05, 0.1) is 24.7 Å². The minimum Gasteiger partial charge on any atom is -0.490 e. The molecule has 7 heteroatoms. The minimum atomic E-state index is -2.92. The van der Waals surface area contributed by atoms with E-state index in [0.29, 0.717) is 43.2 Å². The van der Waals surface area contributed by atoms with Crippen LogP contribution in [0.25, 0.3) is 0 Å². The number of nitrogens with one attached hydrogen (secondary N) is 1. The number of benzene rings is 1. The number of ether oxygens (including phenoxy) is 2. The topological polar surface area (TPSA) is 81.7 Å². The molecular formula is C16H23NO5S. The molecule has 1 heterocycles. The molecule has 1 aliphatic heterocycles. The Morgan fingerprint density at radius 1 is 1.22 bits per heavy atom. The van der Waals surface area contributed by atoms with E-state index in [4.69, 9.17) is 9.47 Å². The van der Waals surface area contributed by atoms with Crippen molar-refractivity contribution in [2.45, 2.75) is 20.3 Å². The van der Waals surface area contributed by atoms with Gasteiger partial charge in [-0.25, -0.2) is 8.42 Å². The van der Waals surface area contributed by atoms with E-state index in [1.165, 1.54) is 0 Å². The highest BCUT2D eigenvalue weighted by molar-refractivity contribution is 7.91. The molecule has 1 saturated heterocycles. The number of amides is 1. The van der Waals surface area contributed by atoms with E-state index < -0.39 is 9.84 Å². The first-order chi connectivity index (χ1) is 10.9. The summed E-state index contributed by atoms with van der Waals surface area (Å²) in [6.45, 7) is 5.11. The maximum Gasteiger partial charge on any atom is 0.251 e. The number of rotatable bonds is 7. The molecule has 6 nitrogen and oxygen atoms in total. The summed E-state index contributed by atoms with van der Waals surface area (Å²) in [6.07, 6.45) is 0.607. The molecule has 1 atom stereocenters. The smallest absolute Gasteiger partial charge is 0.251 e. The molecule has 1 amide bonds. The van der Waals surface area contributed by atoms with Crippen molar-refractivity contribution in [3.05, 3.63) is 23.8 Å². The molecule has 0 radical (unpaired) electrons. The molecule has 0 unspecified atom stereocenters. The first kappa shape index (κ1) is 17.6. The highest BCUT2D eigenvalue weighted by Crippen LogP contribution is 2.28. The van der Waals surface area contributed by atoms with Crippen molar-refractivity contribution in [3.8, 4) is 11.5 Å². The van der Waals surface area contributed by atoms with Crippen LogP contribution in [-0.2, 0) is 9.84 Å². The summed E-state index contributed by atoms with van der Waals surface area (Å²) in [6, 6.07) is 5.03. The lowest BCUT2D eigenvalue weighted by molar-refractivity contribution is 0.0948. The van der Waals surface area contributed by atoms with E-state index in [2.05, 4.69) is 5.32 Å². The standard InChI is InChI=1S/C16H23NO5S/c1-3-21-14-6-5-13(9-15(14)22-4-2)16(18)17-10-12-7-8-23(19,20)11-12/h5-6,9,12H,3-4,7-8,10-11H2,1-2H3,(H,17,18)/t12-/m1/s1. The van der Waals surface area contributed by atoms with Gasteiger partial charge in [-0.15, -0.1) is 0 Å². The summed E-state index contributed by atoms with van der Waals surface area (Å²) in [4.78, 5) is 12.2. The Morgan fingerprint density at radius 2 is 1.91 bits per heavy atom.